The SMILES string of the molecule is [CH2]CCCCCCCCCC(C)CCCCCC. The molecule has 0 nitrogen and oxygen atoms in total. The van der Waals surface area contributed by atoms with E-state index in [4.69, 9.17) is 0 Å². The van der Waals surface area contributed by atoms with E-state index >= 15 is 0 Å². The molecule has 0 rings (SSSR count). The third kappa shape index (κ3) is 14.1. The van der Waals surface area contributed by atoms with Gasteiger partial charge in [-0.15, -0.1) is 0 Å². The summed E-state index contributed by atoms with van der Waals surface area (Å²) in [5.74, 6) is 0.966. The van der Waals surface area contributed by atoms with Crippen LogP contribution in [-0.4, -0.2) is 0 Å². The van der Waals surface area contributed by atoms with Crippen LogP contribution in [0.2, 0.25) is 0 Å². The summed E-state index contributed by atoms with van der Waals surface area (Å²) in [4.78, 5) is 0. The molecular formula is C18H37. The molecule has 0 bridgehead atoms. The van der Waals surface area contributed by atoms with Crippen LogP contribution in [0.4, 0.5) is 0 Å². The molecule has 0 amide bonds. The lowest BCUT2D eigenvalue weighted by Gasteiger charge is -2.10. The summed E-state index contributed by atoms with van der Waals surface area (Å²) in [5, 5.41) is 0. The molecule has 0 saturated carbocycles. The summed E-state index contributed by atoms with van der Waals surface area (Å²) in [6, 6.07) is 0. The first-order chi connectivity index (χ1) is 8.81. The van der Waals surface area contributed by atoms with Crippen LogP contribution in [0.5, 0.6) is 0 Å². The second kappa shape index (κ2) is 15.1. The van der Waals surface area contributed by atoms with Crippen molar-refractivity contribution in [3.63, 3.8) is 0 Å². The zero-order valence-electron chi connectivity index (χ0n) is 13.2. The van der Waals surface area contributed by atoms with Crippen LogP contribution in [0.25, 0.3) is 0 Å². The molecule has 0 saturated heterocycles. The highest BCUT2D eigenvalue weighted by atomic mass is 14.1. The highest BCUT2D eigenvalue weighted by Gasteiger charge is 2.01. The number of hydrogen-bond donors (Lipinski definition) is 0. The molecule has 0 heterocycles. The minimum Gasteiger partial charge on any atom is -0.0654 e. The van der Waals surface area contributed by atoms with E-state index in [-0.39, 0.29) is 0 Å². The van der Waals surface area contributed by atoms with E-state index < -0.39 is 0 Å². The lowest BCUT2D eigenvalue weighted by atomic mass is 9.96. The van der Waals surface area contributed by atoms with Gasteiger partial charge in [0.15, 0.2) is 0 Å². The summed E-state index contributed by atoms with van der Waals surface area (Å²) < 4.78 is 0. The smallest absolute Gasteiger partial charge is 0.0443 e. The first kappa shape index (κ1) is 18.0. The first-order valence-electron chi connectivity index (χ1n) is 8.60. The van der Waals surface area contributed by atoms with Crippen LogP contribution in [0.3, 0.4) is 0 Å². The molecule has 0 aromatic heterocycles. The van der Waals surface area contributed by atoms with Crippen LogP contribution in [0.1, 0.15) is 104 Å². The van der Waals surface area contributed by atoms with Gasteiger partial charge in [-0.1, -0.05) is 111 Å². The van der Waals surface area contributed by atoms with Gasteiger partial charge in [-0.25, -0.2) is 0 Å². The van der Waals surface area contributed by atoms with E-state index in [2.05, 4.69) is 20.8 Å². The summed E-state index contributed by atoms with van der Waals surface area (Å²) in [6.07, 6.45) is 19.7. The molecule has 18 heavy (non-hydrogen) atoms. The fourth-order valence-corrected chi connectivity index (χ4v) is 2.62. The lowest BCUT2D eigenvalue weighted by Crippen LogP contribution is -1.95. The van der Waals surface area contributed by atoms with Gasteiger partial charge >= 0.3 is 0 Å². The Balaban J connectivity index is 3.08. The molecule has 109 valence electrons. The van der Waals surface area contributed by atoms with Crippen LogP contribution in [-0.2, 0) is 0 Å². The second-order valence-electron chi connectivity index (χ2n) is 6.07. The van der Waals surface area contributed by atoms with Crippen molar-refractivity contribution in [2.75, 3.05) is 0 Å². The van der Waals surface area contributed by atoms with Gasteiger partial charge in [-0.3, -0.25) is 0 Å². The standard InChI is InChI=1S/C18H37/c1-4-6-8-10-11-12-13-15-17-18(3)16-14-9-7-5-2/h18H,1,4-17H2,2-3H3. The Kier molecular flexibility index (Phi) is 15.1. The molecule has 0 aromatic carbocycles. The van der Waals surface area contributed by atoms with Crippen molar-refractivity contribution in [1.29, 1.82) is 0 Å². The van der Waals surface area contributed by atoms with Gasteiger partial charge in [0.1, 0.15) is 0 Å². The average molecular weight is 253 g/mol. The van der Waals surface area contributed by atoms with Gasteiger partial charge in [0.2, 0.25) is 0 Å². The van der Waals surface area contributed by atoms with Crippen molar-refractivity contribution in [3.8, 4) is 0 Å². The Hall–Kier alpha value is 0. The van der Waals surface area contributed by atoms with E-state index in [0.717, 1.165) is 12.3 Å². The largest absolute Gasteiger partial charge is 0.0654 e. The summed E-state index contributed by atoms with van der Waals surface area (Å²) in [7, 11) is 0. The van der Waals surface area contributed by atoms with Crippen molar-refractivity contribution in [3.05, 3.63) is 6.92 Å². The van der Waals surface area contributed by atoms with E-state index in [1.165, 1.54) is 83.5 Å². The quantitative estimate of drug-likeness (QED) is 0.294. The maximum Gasteiger partial charge on any atom is -0.0443 e. The van der Waals surface area contributed by atoms with Gasteiger partial charge in [0.25, 0.3) is 0 Å². The third-order valence-electron chi connectivity index (χ3n) is 4.00. The van der Waals surface area contributed by atoms with Gasteiger partial charge in [0.05, 0.1) is 0 Å². The van der Waals surface area contributed by atoms with Crippen molar-refractivity contribution in [2.24, 2.45) is 5.92 Å². The van der Waals surface area contributed by atoms with E-state index in [9.17, 15) is 0 Å². The first-order valence-corrected chi connectivity index (χ1v) is 8.60. The zero-order chi connectivity index (χ0) is 13.5. The highest BCUT2D eigenvalue weighted by Crippen LogP contribution is 2.18. The molecular weight excluding hydrogens is 216 g/mol. The monoisotopic (exact) mass is 253 g/mol. The Morgan fingerprint density at radius 3 is 1.61 bits per heavy atom. The lowest BCUT2D eigenvalue weighted by molar-refractivity contribution is 0.433. The maximum absolute atomic E-state index is 3.89. The fourth-order valence-electron chi connectivity index (χ4n) is 2.62. The van der Waals surface area contributed by atoms with E-state index in [0.29, 0.717) is 0 Å². The van der Waals surface area contributed by atoms with Gasteiger partial charge in [0, 0.05) is 0 Å². The minimum atomic E-state index is 0.966. The summed E-state index contributed by atoms with van der Waals surface area (Å²) >= 11 is 0. The Morgan fingerprint density at radius 2 is 1.11 bits per heavy atom. The molecule has 0 spiro atoms. The molecule has 0 fully saturated rings. The van der Waals surface area contributed by atoms with Crippen LogP contribution < -0.4 is 0 Å². The molecule has 1 unspecified atom stereocenters. The average Bonchev–Trinajstić information content (AvgIpc) is 2.38. The molecule has 0 aliphatic carbocycles. The predicted molar refractivity (Wildman–Crippen MR) is 84.8 cm³/mol. The fraction of sp³-hybridized carbons (Fsp3) is 0.944. The number of hydrogen-bond acceptors (Lipinski definition) is 0. The van der Waals surface area contributed by atoms with E-state index in [1.807, 2.05) is 0 Å². The van der Waals surface area contributed by atoms with Gasteiger partial charge in [-0.05, 0) is 5.92 Å². The molecule has 0 heteroatoms. The maximum atomic E-state index is 3.89. The topological polar surface area (TPSA) is 0 Å². The van der Waals surface area contributed by atoms with Crippen LogP contribution in [0, 0.1) is 12.8 Å². The van der Waals surface area contributed by atoms with Crippen LogP contribution >= 0.6 is 0 Å². The molecule has 0 aromatic rings. The summed E-state index contributed by atoms with van der Waals surface area (Å²) in [5.41, 5.74) is 0. The highest BCUT2D eigenvalue weighted by molar-refractivity contribution is 4.55. The van der Waals surface area contributed by atoms with Crippen molar-refractivity contribution in [2.45, 2.75) is 104 Å². The second-order valence-corrected chi connectivity index (χ2v) is 6.07. The van der Waals surface area contributed by atoms with Crippen molar-refractivity contribution < 1.29 is 0 Å². The minimum absolute atomic E-state index is 0.966. The molecule has 1 atom stereocenters. The van der Waals surface area contributed by atoms with Crippen molar-refractivity contribution in [1.82, 2.24) is 0 Å². The predicted octanol–water partition coefficient (Wildman–Crippen LogP) is 6.94. The van der Waals surface area contributed by atoms with Crippen LogP contribution in [0.15, 0.2) is 0 Å². The Morgan fingerprint density at radius 1 is 0.667 bits per heavy atom. The summed E-state index contributed by atoms with van der Waals surface area (Å²) in [6.45, 7) is 8.63. The number of unbranched alkanes of at least 4 members (excludes halogenated alkanes) is 10. The molecule has 0 aliphatic heterocycles. The third-order valence-corrected chi connectivity index (χ3v) is 4.00. The molecule has 0 aliphatic rings. The number of rotatable bonds is 14. The Labute approximate surface area is 117 Å². The molecule has 0 N–H and O–H groups in total. The zero-order valence-corrected chi connectivity index (χ0v) is 13.2. The van der Waals surface area contributed by atoms with E-state index in [1.54, 1.807) is 0 Å². The van der Waals surface area contributed by atoms with Gasteiger partial charge in [-0.2, -0.15) is 0 Å². The normalized spacial score (nSPS) is 12.8. The molecule has 1 radical (unpaired) electrons. The van der Waals surface area contributed by atoms with Crippen molar-refractivity contribution >= 4 is 0 Å². The van der Waals surface area contributed by atoms with Gasteiger partial charge < -0.3 is 0 Å². The Bertz CT molecular complexity index is 139.